The van der Waals surface area contributed by atoms with Crippen LogP contribution in [0.2, 0.25) is 0 Å². The number of nitro groups is 1. The van der Waals surface area contributed by atoms with Gasteiger partial charge in [-0.1, -0.05) is 0 Å². The van der Waals surface area contributed by atoms with Crippen molar-refractivity contribution in [3.05, 3.63) is 39.9 Å². The second-order valence-electron chi connectivity index (χ2n) is 2.11. The van der Waals surface area contributed by atoms with Gasteiger partial charge in [-0.25, -0.2) is 4.79 Å². The standard InChI is InChI=1S/C7H5NO4.Na.H/c9-7(10)5-1-3-6(4-2-5)8(11)12;;/h1-4H,(H,9,10);;/q;+1;-1. The summed E-state index contributed by atoms with van der Waals surface area (Å²) in [6.45, 7) is 0. The summed E-state index contributed by atoms with van der Waals surface area (Å²) < 4.78 is 0. The third-order valence-electron chi connectivity index (χ3n) is 1.33. The second kappa shape index (κ2) is 4.96. The smallest absolute Gasteiger partial charge is 1.00 e. The van der Waals surface area contributed by atoms with E-state index < -0.39 is 10.9 Å². The van der Waals surface area contributed by atoms with Gasteiger partial charge in [0.15, 0.2) is 0 Å². The SMILES string of the molecule is O=C(O)c1ccc([N+](=O)[O-])cc1.[H-].[Na+]. The second-order valence-corrected chi connectivity index (χ2v) is 2.11. The number of nitro benzene ring substituents is 1. The number of nitrogens with zero attached hydrogens (tertiary/aromatic N) is 1. The number of hydrogen-bond donors (Lipinski definition) is 1. The largest absolute Gasteiger partial charge is 1.00 e. The van der Waals surface area contributed by atoms with E-state index >= 15 is 0 Å². The molecule has 1 aromatic rings. The van der Waals surface area contributed by atoms with Crippen molar-refractivity contribution in [3.8, 4) is 0 Å². The van der Waals surface area contributed by atoms with E-state index in [4.69, 9.17) is 5.11 Å². The summed E-state index contributed by atoms with van der Waals surface area (Å²) in [5.41, 5.74) is -0.0689. The molecule has 13 heavy (non-hydrogen) atoms. The van der Waals surface area contributed by atoms with Crippen LogP contribution in [0.5, 0.6) is 0 Å². The molecule has 0 saturated carbocycles. The van der Waals surface area contributed by atoms with Gasteiger partial charge >= 0.3 is 35.5 Å². The summed E-state index contributed by atoms with van der Waals surface area (Å²) in [6, 6.07) is 4.70. The van der Waals surface area contributed by atoms with Gasteiger partial charge in [0.2, 0.25) is 0 Å². The molecule has 0 radical (unpaired) electrons. The molecule has 1 rings (SSSR count). The molecule has 0 saturated heterocycles. The van der Waals surface area contributed by atoms with Gasteiger partial charge in [-0.3, -0.25) is 10.1 Å². The fourth-order valence-corrected chi connectivity index (χ4v) is 0.726. The van der Waals surface area contributed by atoms with Crippen LogP contribution in [0, 0.1) is 10.1 Å². The Labute approximate surface area is 97.3 Å². The van der Waals surface area contributed by atoms with Gasteiger partial charge in [-0.15, -0.1) is 0 Å². The van der Waals surface area contributed by atoms with Crippen LogP contribution < -0.4 is 29.6 Å². The van der Waals surface area contributed by atoms with Gasteiger partial charge < -0.3 is 6.53 Å². The zero-order valence-electron chi connectivity index (χ0n) is 7.93. The molecule has 0 spiro atoms. The third-order valence-corrected chi connectivity index (χ3v) is 1.33. The number of carboxylic acid groups (broad SMARTS) is 1. The van der Waals surface area contributed by atoms with Crippen LogP contribution in [0.15, 0.2) is 24.3 Å². The molecule has 0 aliphatic carbocycles. The van der Waals surface area contributed by atoms with Gasteiger partial charge in [-0.2, -0.15) is 0 Å². The van der Waals surface area contributed by atoms with E-state index in [1.807, 2.05) is 0 Å². The molecule has 0 bridgehead atoms. The van der Waals surface area contributed by atoms with Crippen molar-refractivity contribution >= 4 is 11.7 Å². The minimum absolute atomic E-state index is 0. The molecule has 6 heteroatoms. The summed E-state index contributed by atoms with van der Waals surface area (Å²) in [5.74, 6) is -1.09. The molecule has 1 aromatic carbocycles. The minimum atomic E-state index is -1.09. The Morgan fingerprint density at radius 3 is 2.15 bits per heavy atom. The Morgan fingerprint density at radius 2 is 1.85 bits per heavy atom. The number of carbonyl (C=O) groups is 1. The average Bonchev–Trinajstić information content (AvgIpc) is 2.04. The molecule has 0 aliphatic heterocycles. The molecule has 0 heterocycles. The quantitative estimate of drug-likeness (QED) is 0.347. The molecule has 0 unspecified atom stereocenters. The zero-order valence-corrected chi connectivity index (χ0v) is 8.93. The van der Waals surface area contributed by atoms with Gasteiger partial charge in [0.25, 0.3) is 5.69 Å². The van der Waals surface area contributed by atoms with E-state index in [0.29, 0.717) is 0 Å². The summed E-state index contributed by atoms with van der Waals surface area (Å²) in [5, 5.41) is 18.6. The number of aromatic carboxylic acids is 1. The Balaban J connectivity index is 0. The summed E-state index contributed by atoms with van der Waals surface area (Å²) >= 11 is 0. The molecule has 0 amide bonds. The van der Waals surface area contributed by atoms with Crippen molar-refractivity contribution < 1.29 is 45.8 Å². The molecule has 0 aliphatic rings. The molecule has 0 fully saturated rings. The molecular formula is C7H6NNaO4. The van der Waals surface area contributed by atoms with E-state index in [2.05, 4.69) is 0 Å². The maximum atomic E-state index is 10.3. The van der Waals surface area contributed by atoms with Crippen LogP contribution in [0.1, 0.15) is 11.8 Å². The minimum Gasteiger partial charge on any atom is -1.00 e. The first-order valence-electron chi connectivity index (χ1n) is 3.09. The fraction of sp³-hybridized carbons (Fsp3) is 0. The zero-order chi connectivity index (χ0) is 9.14. The fourth-order valence-electron chi connectivity index (χ4n) is 0.726. The van der Waals surface area contributed by atoms with E-state index in [1.165, 1.54) is 12.1 Å². The van der Waals surface area contributed by atoms with Gasteiger partial charge in [-0.05, 0) is 12.1 Å². The maximum absolute atomic E-state index is 10.3. The van der Waals surface area contributed by atoms with Crippen LogP contribution in [0.3, 0.4) is 0 Å². The van der Waals surface area contributed by atoms with Crippen molar-refractivity contribution in [2.45, 2.75) is 0 Å². The summed E-state index contributed by atoms with van der Waals surface area (Å²) in [6.07, 6.45) is 0. The first-order chi connectivity index (χ1) is 5.61. The number of non-ortho nitro benzene ring substituents is 1. The first kappa shape index (κ1) is 12.1. The molecule has 64 valence electrons. The third kappa shape index (κ3) is 3.14. The normalized spacial score (nSPS) is 8.62. The summed E-state index contributed by atoms with van der Waals surface area (Å²) in [4.78, 5) is 19.9. The van der Waals surface area contributed by atoms with Crippen molar-refractivity contribution in [2.75, 3.05) is 0 Å². The van der Waals surface area contributed by atoms with E-state index in [-0.39, 0.29) is 42.2 Å². The molecule has 5 nitrogen and oxygen atoms in total. The number of carboxylic acids is 1. The number of rotatable bonds is 2. The number of benzene rings is 1. The van der Waals surface area contributed by atoms with E-state index in [9.17, 15) is 14.9 Å². The van der Waals surface area contributed by atoms with Crippen LogP contribution in [-0.2, 0) is 0 Å². The van der Waals surface area contributed by atoms with Crippen LogP contribution in [0.25, 0.3) is 0 Å². The molecule has 0 atom stereocenters. The van der Waals surface area contributed by atoms with Crippen LogP contribution >= 0.6 is 0 Å². The molecule has 0 aromatic heterocycles. The van der Waals surface area contributed by atoms with Crippen LogP contribution in [0.4, 0.5) is 5.69 Å². The Bertz CT molecular complexity index is 294. The van der Waals surface area contributed by atoms with E-state index in [0.717, 1.165) is 12.1 Å². The first-order valence-corrected chi connectivity index (χ1v) is 3.09. The van der Waals surface area contributed by atoms with Crippen molar-refractivity contribution in [1.29, 1.82) is 0 Å². The topological polar surface area (TPSA) is 80.4 Å². The molecule has 1 N–H and O–H groups in total. The van der Waals surface area contributed by atoms with Gasteiger partial charge in [0.1, 0.15) is 0 Å². The maximum Gasteiger partial charge on any atom is 1.00 e. The van der Waals surface area contributed by atoms with Crippen LogP contribution in [-0.4, -0.2) is 16.0 Å². The number of hydrogen-bond acceptors (Lipinski definition) is 3. The molecular weight excluding hydrogens is 185 g/mol. The Hall–Kier alpha value is -0.910. The van der Waals surface area contributed by atoms with Gasteiger partial charge in [0, 0.05) is 12.1 Å². The van der Waals surface area contributed by atoms with Crippen molar-refractivity contribution in [3.63, 3.8) is 0 Å². The monoisotopic (exact) mass is 191 g/mol. The predicted octanol–water partition coefficient (Wildman–Crippen LogP) is -1.59. The summed E-state index contributed by atoms with van der Waals surface area (Å²) in [7, 11) is 0. The Kier molecular flexibility index (Phi) is 4.61. The predicted molar refractivity (Wildman–Crippen MR) is 41.2 cm³/mol. The van der Waals surface area contributed by atoms with Crippen molar-refractivity contribution in [2.24, 2.45) is 0 Å². The average molecular weight is 191 g/mol. The Morgan fingerprint density at radius 1 is 1.38 bits per heavy atom. The van der Waals surface area contributed by atoms with Crippen molar-refractivity contribution in [1.82, 2.24) is 0 Å². The van der Waals surface area contributed by atoms with Gasteiger partial charge in [0.05, 0.1) is 10.5 Å². The van der Waals surface area contributed by atoms with E-state index in [1.54, 1.807) is 0 Å².